The molecule has 1 aliphatic rings. The molecule has 0 aromatic heterocycles. The average Bonchev–Trinajstić information content (AvgIpc) is 3.33. The summed E-state index contributed by atoms with van der Waals surface area (Å²) in [5.74, 6) is 0.772. The summed E-state index contributed by atoms with van der Waals surface area (Å²) in [6.07, 6.45) is 9.11. The van der Waals surface area contributed by atoms with Crippen LogP contribution in [0.1, 0.15) is 30.4 Å². The molecule has 22 heavy (non-hydrogen) atoms. The van der Waals surface area contributed by atoms with Crippen LogP contribution >= 0.6 is 23.5 Å². The van der Waals surface area contributed by atoms with Crippen molar-refractivity contribution in [2.45, 2.75) is 31.8 Å². The van der Waals surface area contributed by atoms with E-state index < -0.39 is 5.60 Å². The summed E-state index contributed by atoms with van der Waals surface area (Å²) in [6, 6.07) is 8.72. The fourth-order valence-corrected chi connectivity index (χ4v) is 4.32. The molecule has 0 saturated heterocycles. The number of hydrogen-bond acceptors (Lipinski definition) is 3. The Kier molecular flexibility index (Phi) is 5.87. The van der Waals surface area contributed by atoms with Crippen molar-refractivity contribution in [1.29, 1.82) is 0 Å². The van der Waals surface area contributed by atoms with E-state index in [1.807, 2.05) is 6.08 Å². The Morgan fingerprint density at radius 2 is 1.91 bits per heavy atom. The number of benzene rings is 1. The Balaban J connectivity index is 2.27. The minimum atomic E-state index is -0.807. The molecule has 1 fully saturated rings. The monoisotopic (exact) mass is 334 g/mol. The highest BCUT2D eigenvalue weighted by atomic mass is 32.2. The van der Waals surface area contributed by atoms with E-state index >= 15 is 0 Å². The molecule has 4 unspecified atom stereocenters. The van der Waals surface area contributed by atoms with Crippen molar-refractivity contribution in [1.82, 2.24) is 0 Å². The Labute approximate surface area is 143 Å². The molecule has 0 spiro atoms. The van der Waals surface area contributed by atoms with Gasteiger partial charge in [0.2, 0.25) is 0 Å². The number of thioether (sulfide) groups is 2. The lowest BCUT2D eigenvalue weighted by Gasteiger charge is -2.31. The summed E-state index contributed by atoms with van der Waals surface area (Å²) in [5.41, 5.74) is 1.81. The fraction of sp³-hybridized carbons (Fsp3) is 0.474. The molecule has 1 N–H and O–H groups in total. The van der Waals surface area contributed by atoms with Crippen molar-refractivity contribution in [2.24, 2.45) is 11.8 Å². The van der Waals surface area contributed by atoms with Gasteiger partial charge < -0.3 is 5.11 Å². The van der Waals surface area contributed by atoms with Gasteiger partial charge >= 0.3 is 0 Å². The van der Waals surface area contributed by atoms with E-state index in [1.165, 1.54) is 15.4 Å². The number of rotatable bonds is 7. The molecule has 0 bridgehead atoms. The molecule has 0 radical (unpaired) electrons. The van der Waals surface area contributed by atoms with Crippen molar-refractivity contribution in [3.63, 3.8) is 0 Å². The highest BCUT2D eigenvalue weighted by Crippen LogP contribution is 2.57. The van der Waals surface area contributed by atoms with Crippen molar-refractivity contribution in [3.8, 4) is 0 Å². The lowest BCUT2D eigenvalue weighted by Crippen LogP contribution is -2.36. The second-order valence-electron chi connectivity index (χ2n) is 6.14. The molecular weight excluding hydrogens is 308 g/mol. The van der Waals surface area contributed by atoms with E-state index in [9.17, 15) is 5.11 Å². The molecule has 1 nitrogen and oxygen atoms in total. The first-order valence-corrected chi connectivity index (χ1v) is 10.1. The average molecular weight is 335 g/mol. The summed E-state index contributed by atoms with van der Waals surface area (Å²) >= 11 is 3.40. The number of aliphatic hydroxyl groups is 1. The molecule has 0 heterocycles. The smallest absolute Gasteiger partial charge is 0.0939 e. The van der Waals surface area contributed by atoms with Gasteiger partial charge in [-0.25, -0.2) is 0 Å². The third-order valence-corrected chi connectivity index (χ3v) is 6.76. The zero-order valence-corrected chi connectivity index (χ0v) is 15.5. The van der Waals surface area contributed by atoms with Crippen LogP contribution in [0, 0.1) is 18.8 Å². The molecule has 1 aromatic carbocycles. The first-order valence-electron chi connectivity index (χ1n) is 7.68. The van der Waals surface area contributed by atoms with Gasteiger partial charge in [0, 0.05) is 10.2 Å². The van der Waals surface area contributed by atoms with Crippen molar-refractivity contribution < 1.29 is 5.11 Å². The molecule has 1 aliphatic carbocycles. The van der Waals surface area contributed by atoms with Crippen LogP contribution in [0.5, 0.6) is 0 Å². The highest BCUT2D eigenvalue weighted by molar-refractivity contribution is 8.21. The van der Waals surface area contributed by atoms with Gasteiger partial charge in [0.15, 0.2) is 0 Å². The van der Waals surface area contributed by atoms with Crippen LogP contribution in [0.25, 0.3) is 0 Å². The lowest BCUT2D eigenvalue weighted by molar-refractivity contribution is 0.0304. The molecule has 0 amide bonds. The highest BCUT2D eigenvalue weighted by Gasteiger charge is 2.53. The summed E-state index contributed by atoms with van der Waals surface area (Å²) in [7, 11) is 0. The van der Waals surface area contributed by atoms with Gasteiger partial charge in [0.05, 0.1) is 5.60 Å². The van der Waals surface area contributed by atoms with Gasteiger partial charge in [0.25, 0.3) is 0 Å². The maximum atomic E-state index is 11.4. The second kappa shape index (κ2) is 7.29. The molecular formula is C19H26OS2. The summed E-state index contributed by atoms with van der Waals surface area (Å²) in [5, 5.41) is 11.4. The van der Waals surface area contributed by atoms with Crippen LogP contribution in [0.4, 0.5) is 0 Å². The Bertz CT molecular complexity index is 543. The Morgan fingerprint density at radius 3 is 2.41 bits per heavy atom. The van der Waals surface area contributed by atoms with Crippen LogP contribution in [0.2, 0.25) is 0 Å². The second-order valence-corrected chi connectivity index (χ2v) is 8.10. The zero-order valence-electron chi connectivity index (χ0n) is 13.9. The fourth-order valence-electron chi connectivity index (χ4n) is 3.04. The van der Waals surface area contributed by atoms with E-state index in [-0.39, 0.29) is 11.8 Å². The Hall–Kier alpha value is -0.640. The first-order chi connectivity index (χ1) is 10.5. The Morgan fingerprint density at radius 1 is 1.32 bits per heavy atom. The summed E-state index contributed by atoms with van der Waals surface area (Å²) in [4.78, 5) is 0. The third kappa shape index (κ3) is 3.64. The molecule has 1 saturated carbocycles. The minimum absolute atomic E-state index is 0.0437. The maximum Gasteiger partial charge on any atom is 0.0939 e. The zero-order chi connectivity index (χ0) is 16.3. The molecule has 120 valence electrons. The topological polar surface area (TPSA) is 20.2 Å². The van der Waals surface area contributed by atoms with E-state index in [4.69, 9.17) is 0 Å². The van der Waals surface area contributed by atoms with Gasteiger partial charge in [-0.1, -0.05) is 42.8 Å². The lowest BCUT2D eigenvalue weighted by atomic mass is 9.82. The first kappa shape index (κ1) is 17.7. The summed E-state index contributed by atoms with van der Waals surface area (Å²) < 4.78 is 1.17. The van der Waals surface area contributed by atoms with Crippen LogP contribution in [0.3, 0.4) is 0 Å². The third-order valence-electron chi connectivity index (χ3n) is 4.72. The van der Waals surface area contributed by atoms with Gasteiger partial charge in [-0.2, -0.15) is 0 Å². The van der Waals surface area contributed by atoms with Crippen molar-refractivity contribution in [3.05, 3.63) is 58.4 Å². The standard InChI is InChI=1S/C19H26OS2/c1-6-14(3)19(20,12-18(21-4)22-5)17-11-16(17)15-9-7-13(2)8-10-15/h6-10,12,14,16-17,20H,1,11H2,2-5H3. The predicted octanol–water partition coefficient (Wildman–Crippen LogP) is 5.22. The van der Waals surface area contributed by atoms with Crippen molar-refractivity contribution >= 4 is 23.5 Å². The van der Waals surface area contributed by atoms with Crippen LogP contribution in [0.15, 0.2) is 47.2 Å². The van der Waals surface area contributed by atoms with E-state index in [0.717, 1.165) is 6.42 Å². The van der Waals surface area contributed by atoms with Crippen LogP contribution in [-0.4, -0.2) is 23.2 Å². The number of hydrogen-bond donors (Lipinski definition) is 1. The van der Waals surface area contributed by atoms with Gasteiger partial charge in [-0.15, -0.1) is 30.1 Å². The van der Waals surface area contributed by atoms with Gasteiger partial charge in [-0.3, -0.25) is 0 Å². The van der Waals surface area contributed by atoms with E-state index in [2.05, 4.69) is 63.3 Å². The van der Waals surface area contributed by atoms with Crippen LogP contribution in [-0.2, 0) is 0 Å². The largest absolute Gasteiger partial charge is 0.385 e. The summed E-state index contributed by atoms with van der Waals surface area (Å²) in [6.45, 7) is 8.07. The molecule has 1 aromatic rings. The van der Waals surface area contributed by atoms with Crippen molar-refractivity contribution in [2.75, 3.05) is 12.5 Å². The number of aryl methyl sites for hydroxylation is 1. The van der Waals surface area contributed by atoms with Crippen LogP contribution < -0.4 is 0 Å². The van der Waals surface area contributed by atoms with Gasteiger partial charge in [0.1, 0.15) is 0 Å². The normalized spacial score (nSPS) is 24.2. The van der Waals surface area contributed by atoms with E-state index in [0.29, 0.717) is 5.92 Å². The maximum absolute atomic E-state index is 11.4. The molecule has 4 atom stereocenters. The molecule has 3 heteroatoms. The minimum Gasteiger partial charge on any atom is -0.385 e. The van der Waals surface area contributed by atoms with E-state index in [1.54, 1.807) is 23.5 Å². The quantitative estimate of drug-likeness (QED) is 0.690. The predicted molar refractivity (Wildman–Crippen MR) is 101 cm³/mol. The SMILES string of the molecule is C=CC(C)C(O)(C=C(SC)SC)C1CC1c1ccc(C)cc1. The van der Waals surface area contributed by atoms with Gasteiger partial charge in [-0.05, 0) is 49.3 Å². The molecule has 0 aliphatic heterocycles. The molecule has 2 rings (SSSR count).